The highest BCUT2D eigenvalue weighted by Crippen LogP contribution is 2.15. The molecule has 1 N–H and O–H groups in total. The maximum atomic E-state index is 12.6. The van der Waals surface area contributed by atoms with Gasteiger partial charge in [0.2, 0.25) is 0 Å². The van der Waals surface area contributed by atoms with Crippen molar-refractivity contribution in [1.29, 1.82) is 0 Å². The molecule has 2 aromatic carbocycles. The molecule has 1 unspecified atom stereocenters. The molecule has 0 aliphatic heterocycles. The minimum Gasteiger partial charge on any atom is -0.461 e. The van der Waals surface area contributed by atoms with Crippen molar-refractivity contribution in [3.8, 4) is 0 Å². The predicted molar refractivity (Wildman–Crippen MR) is 119 cm³/mol. The van der Waals surface area contributed by atoms with Gasteiger partial charge in [-0.25, -0.2) is 9.59 Å². The van der Waals surface area contributed by atoms with E-state index in [0.29, 0.717) is 5.56 Å². The summed E-state index contributed by atoms with van der Waals surface area (Å²) in [5, 5.41) is 2.53. The van der Waals surface area contributed by atoms with Crippen molar-refractivity contribution >= 4 is 23.5 Å². The molecule has 0 saturated heterocycles. The van der Waals surface area contributed by atoms with Crippen LogP contribution in [0.25, 0.3) is 0 Å². The number of nitrogens with one attached hydrogen (secondary N) is 1. The summed E-state index contributed by atoms with van der Waals surface area (Å²) in [4.78, 5) is 39.1. The Balaban J connectivity index is 1.96. The first-order chi connectivity index (χ1) is 14.8. The largest absolute Gasteiger partial charge is 0.461 e. The zero-order chi connectivity index (χ0) is 22.8. The van der Waals surface area contributed by atoms with Gasteiger partial charge in [0.15, 0.2) is 5.78 Å². The molecule has 0 aliphatic rings. The van der Waals surface area contributed by atoms with Crippen LogP contribution in [0.2, 0.25) is 0 Å². The molecule has 0 saturated carbocycles. The number of carbonyl (C=O) groups is 3. The van der Waals surface area contributed by atoms with Crippen LogP contribution in [0.1, 0.15) is 42.6 Å². The van der Waals surface area contributed by atoms with Gasteiger partial charge in [0.1, 0.15) is 12.6 Å². The number of rotatable bonds is 10. The van der Waals surface area contributed by atoms with Crippen LogP contribution in [0.15, 0.2) is 54.6 Å². The highest BCUT2D eigenvalue weighted by Gasteiger charge is 2.25. The number of ketones is 1. The van der Waals surface area contributed by atoms with Crippen molar-refractivity contribution in [2.24, 2.45) is 0 Å². The Bertz CT molecular complexity index is 863. The Kier molecular flexibility index (Phi) is 9.06. The average Bonchev–Trinajstić information content (AvgIpc) is 2.75. The van der Waals surface area contributed by atoms with E-state index in [2.05, 4.69) is 5.32 Å². The maximum Gasteiger partial charge on any atom is 0.408 e. The summed E-state index contributed by atoms with van der Waals surface area (Å²) in [6.45, 7) is 3.52. The molecule has 7 nitrogen and oxygen atoms in total. The van der Waals surface area contributed by atoms with E-state index in [0.717, 1.165) is 11.3 Å². The second-order valence-corrected chi connectivity index (χ2v) is 7.65. The number of carbonyl (C=O) groups excluding carboxylic acids is 3. The normalized spacial score (nSPS) is 11.5. The quantitative estimate of drug-likeness (QED) is 0.457. The minimum absolute atomic E-state index is 0.0791. The monoisotopic (exact) mass is 426 g/mol. The van der Waals surface area contributed by atoms with Gasteiger partial charge in [-0.3, -0.25) is 4.79 Å². The predicted octanol–water partition coefficient (Wildman–Crippen LogP) is 3.96. The van der Waals surface area contributed by atoms with Crippen molar-refractivity contribution < 1.29 is 23.9 Å². The Labute approximate surface area is 183 Å². The van der Waals surface area contributed by atoms with E-state index in [9.17, 15) is 14.4 Å². The molecule has 0 aromatic heterocycles. The smallest absolute Gasteiger partial charge is 0.408 e. The number of alkyl carbamates (subject to hydrolysis) is 1. The highest BCUT2D eigenvalue weighted by atomic mass is 16.6. The van der Waals surface area contributed by atoms with Crippen molar-refractivity contribution in [2.45, 2.75) is 45.4 Å². The number of Topliss-reactive ketones (excluding diaryl/α,β-unsaturated/α-hetero) is 1. The fraction of sp³-hybridized carbons (Fsp3) is 0.375. The van der Waals surface area contributed by atoms with Crippen LogP contribution in [0.4, 0.5) is 10.5 Å². The van der Waals surface area contributed by atoms with Crippen LogP contribution in [0.3, 0.4) is 0 Å². The van der Waals surface area contributed by atoms with E-state index in [1.807, 2.05) is 61.5 Å². The first-order valence-corrected chi connectivity index (χ1v) is 10.2. The molecule has 166 valence electrons. The summed E-state index contributed by atoms with van der Waals surface area (Å²) in [6.07, 6.45) is -0.887. The third-order valence-corrected chi connectivity index (χ3v) is 4.51. The van der Waals surface area contributed by atoms with E-state index >= 15 is 0 Å². The summed E-state index contributed by atoms with van der Waals surface area (Å²) in [5.74, 6) is -0.713. The fourth-order valence-electron chi connectivity index (χ4n) is 2.84. The van der Waals surface area contributed by atoms with E-state index < -0.39 is 18.1 Å². The Hall–Kier alpha value is -3.35. The van der Waals surface area contributed by atoms with Gasteiger partial charge in [-0.05, 0) is 50.1 Å². The van der Waals surface area contributed by atoms with Crippen LogP contribution < -0.4 is 10.2 Å². The van der Waals surface area contributed by atoms with Gasteiger partial charge in [-0.1, -0.05) is 30.3 Å². The first kappa shape index (κ1) is 23.9. The van der Waals surface area contributed by atoms with E-state index in [1.165, 1.54) is 0 Å². The molecule has 0 spiro atoms. The molecule has 2 rings (SSSR count). The second kappa shape index (κ2) is 11.7. The molecule has 0 aliphatic carbocycles. The number of benzene rings is 2. The topological polar surface area (TPSA) is 84.9 Å². The SMILES string of the molecule is CC(C)OC(=O)C(CCC(=O)c1ccc(N(C)C)cc1)NC(=O)OCc1ccccc1. The molecule has 0 bridgehead atoms. The lowest BCUT2D eigenvalue weighted by Gasteiger charge is -2.19. The summed E-state index contributed by atoms with van der Waals surface area (Å²) < 4.78 is 10.4. The summed E-state index contributed by atoms with van der Waals surface area (Å²) in [5.41, 5.74) is 2.36. The Morgan fingerprint density at radius 1 is 0.968 bits per heavy atom. The fourth-order valence-corrected chi connectivity index (χ4v) is 2.84. The zero-order valence-corrected chi connectivity index (χ0v) is 18.5. The van der Waals surface area contributed by atoms with Gasteiger partial charge in [0, 0.05) is 31.8 Å². The third-order valence-electron chi connectivity index (χ3n) is 4.51. The lowest BCUT2D eigenvalue weighted by atomic mass is 10.0. The van der Waals surface area contributed by atoms with Crippen molar-refractivity contribution in [1.82, 2.24) is 5.32 Å². The molecular weight excluding hydrogens is 396 g/mol. The zero-order valence-electron chi connectivity index (χ0n) is 18.5. The average molecular weight is 427 g/mol. The van der Waals surface area contributed by atoms with Crippen LogP contribution in [-0.2, 0) is 20.9 Å². The molecular formula is C24H30N2O5. The summed E-state index contributed by atoms with van der Waals surface area (Å²) in [7, 11) is 3.84. The van der Waals surface area contributed by atoms with E-state index in [1.54, 1.807) is 26.0 Å². The Morgan fingerprint density at radius 3 is 2.19 bits per heavy atom. The number of amides is 1. The highest BCUT2D eigenvalue weighted by molar-refractivity contribution is 5.96. The molecule has 1 atom stereocenters. The van der Waals surface area contributed by atoms with Gasteiger partial charge < -0.3 is 19.7 Å². The van der Waals surface area contributed by atoms with Gasteiger partial charge in [-0.2, -0.15) is 0 Å². The molecule has 0 radical (unpaired) electrons. The molecule has 2 aromatic rings. The van der Waals surface area contributed by atoms with Gasteiger partial charge >= 0.3 is 12.1 Å². The number of hydrogen-bond donors (Lipinski definition) is 1. The van der Waals surface area contributed by atoms with E-state index in [-0.39, 0.29) is 31.3 Å². The lowest BCUT2D eigenvalue weighted by molar-refractivity contribution is -0.150. The van der Waals surface area contributed by atoms with Crippen molar-refractivity contribution in [2.75, 3.05) is 19.0 Å². The molecule has 7 heteroatoms. The third kappa shape index (κ3) is 8.12. The molecule has 1 amide bonds. The van der Waals surface area contributed by atoms with Gasteiger partial charge in [0.25, 0.3) is 0 Å². The molecule has 0 fully saturated rings. The summed E-state index contributed by atoms with van der Waals surface area (Å²) >= 11 is 0. The van der Waals surface area contributed by atoms with Crippen molar-refractivity contribution in [3.05, 3.63) is 65.7 Å². The minimum atomic E-state index is -0.976. The lowest BCUT2D eigenvalue weighted by Crippen LogP contribution is -2.43. The summed E-state index contributed by atoms with van der Waals surface area (Å²) in [6, 6.07) is 15.5. The number of nitrogens with zero attached hydrogens (tertiary/aromatic N) is 1. The van der Waals surface area contributed by atoms with Gasteiger partial charge in [-0.15, -0.1) is 0 Å². The van der Waals surface area contributed by atoms with Gasteiger partial charge in [0.05, 0.1) is 6.10 Å². The number of hydrogen-bond acceptors (Lipinski definition) is 6. The second-order valence-electron chi connectivity index (χ2n) is 7.65. The number of esters is 1. The number of anilines is 1. The van der Waals surface area contributed by atoms with Crippen LogP contribution in [-0.4, -0.2) is 44.1 Å². The first-order valence-electron chi connectivity index (χ1n) is 10.2. The maximum absolute atomic E-state index is 12.6. The number of ether oxygens (including phenoxy) is 2. The molecule has 0 heterocycles. The van der Waals surface area contributed by atoms with E-state index in [4.69, 9.17) is 9.47 Å². The Morgan fingerprint density at radius 2 is 1.61 bits per heavy atom. The van der Waals surface area contributed by atoms with Crippen LogP contribution >= 0.6 is 0 Å². The van der Waals surface area contributed by atoms with Crippen molar-refractivity contribution in [3.63, 3.8) is 0 Å². The van der Waals surface area contributed by atoms with Crippen LogP contribution in [0.5, 0.6) is 0 Å². The van der Waals surface area contributed by atoms with Crippen LogP contribution in [0, 0.1) is 0 Å². The standard InChI is InChI=1S/C24H30N2O5/c1-17(2)31-23(28)21(25-24(29)30-16-18-8-6-5-7-9-18)14-15-22(27)19-10-12-20(13-11-19)26(3)4/h5-13,17,21H,14-16H2,1-4H3,(H,25,29). The molecule has 31 heavy (non-hydrogen) atoms.